The lowest BCUT2D eigenvalue weighted by Crippen LogP contribution is -2.20. The molecule has 20 heavy (non-hydrogen) atoms. The maximum atomic E-state index is 11.7. The minimum atomic E-state index is -0.206. The molecule has 0 amide bonds. The molecular weight excluding hydrogens is 297 g/mol. The number of H-pyrrole nitrogens is 1. The van der Waals surface area contributed by atoms with Gasteiger partial charge < -0.3 is 5.32 Å². The third kappa shape index (κ3) is 3.52. The highest BCUT2D eigenvalue weighted by Crippen LogP contribution is 2.26. The van der Waals surface area contributed by atoms with Gasteiger partial charge in [0.15, 0.2) is 0 Å². The quantitative estimate of drug-likeness (QED) is 0.877. The summed E-state index contributed by atoms with van der Waals surface area (Å²) in [6, 6.07) is 6.61. The molecule has 0 atom stereocenters. The minimum Gasteiger partial charge on any atom is -0.326 e. The van der Waals surface area contributed by atoms with Crippen LogP contribution in [0.5, 0.6) is 0 Å². The zero-order valence-electron chi connectivity index (χ0n) is 11.4. The standard InChI is InChI=1S/C14H15Cl2N3O/c1-14(2,3)11-7-12(20)19-13(18-11)17-8-4-5-9(15)10(16)6-8/h4-7H,1-3H3,(H2,17,18,19,20). The van der Waals surface area contributed by atoms with Gasteiger partial charge in [-0.2, -0.15) is 0 Å². The average molecular weight is 312 g/mol. The van der Waals surface area contributed by atoms with Crippen molar-refractivity contribution < 1.29 is 0 Å². The fraction of sp³-hybridized carbons (Fsp3) is 0.286. The van der Waals surface area contributed by atoms with Gasteiger partial charge in [-0.05, 0) is 18.2 Å². The highest BCUT2D eigenvalue weighted by atomic mass is 35.5. The van der Waals surface area contributed by atoms with Gasteiger partial charge in [-0.1, -0.05) is 44.0 Å². The Kier molecular flexibility index (Phi) is 4.06. The number of hydrogen-bond acceptors (Lipinski definition) is 3. The summed E-state index contributed by atoms with van der Waals surface area (Å²) in [6.07, 6.45) is 0. The van der Waals surface area contributed by atoms with Gasteiger partial charge in [0.2, 0.25) is 5.95 Å². The second-order valence-corrected chi connectivity index (χ2v) is 6.30. The molecule has 0 aliphatic carbocycles. The van der Waals surface area contributed by atoms with Gasteiger partial charge in [-0.3, -0.25) is 9.78 Å². The first kappa shape index (κ1) is 14.9. The van der Waals surface area contributed by atoms with Gasteiger partial charge in [0, 0.05) is 17.2 Å². The average Bonchev–Trinajstić information content (AvgIpc) is 2.32. The smallest absolute Gasteiger partial charge is 0.252 e. The molecule has 2 N–H and O–H groups in total. The molecular formula is C14H15Cl2N3O. The van der Waals surface area contributed by atoms with Crippen LogP contribution in [0.15, 0.2) is 29.1 Å². The highest BCUT2D eigenvalue weighted by Gasteiger charge is 2.17. The monoisotopic (exact) mass is 311 g/mol. The predicted molar refractivity (Wildman–Crippen MR) is 83.3 cm³/mol. The number of rotatable bonds is 2. The molecule has 0 bridgehead atoms. The minimum absolute atomic E-state index is 0.201. The molecule has 0 fully saturated rings. The van der Waals surface area contributed by atoms with Gasteiger partial charge in [-0.15, -0.1) is 0 Å². The summed E-state index contributed by atoms with van der Waals surface area (Å²) >= 11 is 11.8. The summed E-state index contributed by atoms with van der Waals surface area (Å²) in [6.45, 7) is 5.99. The summed E-state index contributed by atoms with van der Waals surface area (Å²) in [5.41, 5.74) is 1.01. The maximum Gasteiger partial charge on any atom is 0.252 e. The lowest BCUT2D eigenvalue weighted by molar-refractivity contribution is 0.567. The molecule has 0 spiro atoms. The van der Waals surface area contributed by atoms with Crippen LogP contribution in [-0.4, -0.2) is 9.97 Å². The number of halogens is 2. The lowest BCUT2D eigenvalue weighted by atomic mass is 9.92. The number of nitrogens with one attached hydrogen (secondary N) is 2. The first-order valence-corrected chi connectivity index (χ1v) is 6.85. The van der Waals surface area contributed by atoms with Crippen molar-refractivity contribution in [2.45, 2.75) is 26.2 Å². The number of nitrogens with zero attached hydrogens (tertiary/aromatic N) is 1. The van der Waals surface area contributed by atoms with Crippen LogP contribution in [0.3, 0.4) is 0 Å². The van der Waals surface area contributed by atoms with Gasteiger partial charge in [0.25, 0.3) is 5.56 Å². The summed E-state index contributed by atoms with van der Waals surface area (Å²) < 4.78 is 0. The van der Waals surface area contributed by atoms with Crippen LogP contribution in [0.25, 0.3) is 0 Å². The molecule has 0 saturated heterocycles. The largest absolute Gasteiger partial charge is 0.326 e. The first-order valence-electron chi connectivity index (χ1n) is 6.09. The van der Waals surface area contributed by atoms with E-state index in [4.69, 9.17) is 23.2 Å². The van der Waals surface area contributed by atoms with Crippen LogP contribution >= 0.6 is 23.2 Å². The van der Waals surface area contributed by atoms with Crippen molar-refractivity contribution in [3.8, 4) is 0 Å². The Morgan fingerprint density at radius 1 is 1.15 bits per heavy atom. The Morgan fingerprint density at radius 3 is 2.45 bits per heavy atom. The van der Waals surface area contributed by atoms with Crippen LogP contribution in [0.4, 0.5) is 11.6 Å². The van der Waals surface area contributed by atoms with Crippen molar-refractivity contribution in [2.24, 2.45) is 0 Å². The number of aromatic nitrogens is 2. The summed E-state index contributed by atoms with van der Waals surface area (Å²) in [4.78, 5) is 18.7. The Hall–Kier alpha value is -1.52. The zero-order valence-corrected chi connectivity index (χ0v) is 12.9. The van der Waals surface area contributed by atoms with E-state index in [0.717, 1.165) is 0 Å². The highest BCUT2D eigenvalue weighted by molar-refractivity contribution is 6.42. The topological polar surface area (TPSA) is 57.8 Å². The van der Waals surface area contributed by atoms with Crippen molar-refractivity contribution in [3.63, 3.8) is 0 Å². The number of aromatic amines is 1. The van der Waals surface area contributed by atoms with E-state index < -0.39 is 0 Å². The molecule has 0 aliphatic rings. The van der Waals surface area contributed by atoms with Gasteiger partial charge in [0.1, 0.15) is 0 Å². The first-order chi connectivity index (χ1) is 9.25. The fourth-order valence-electron chi connectivity index (χ4n) is 1.61. The number of anilines is 2. The molecule has 0 aliphatic heterocycles. The normalized spacial score (nSPS) is 11.4. The third-order valence-electron chi connectivity index (χ3n) is 2.69. The lowest BCUT2D eigenvalue weighted by Gasteiger charge is -2.18. The van der Waals surface area contributed by atoms with E-state index in [2.05, 4.69) is 15.3 Å². The SMILES string of the molecule is CC(C)(C)c1cc(=O)[nH]c(Nc2ccc(Cl)c(Cl)c2)n1. The molecule has 0 radical (unpaired) electrons. The van der Waals surface area contributed by atoms with Crippen LogP contribution in [0.1, 0.15) is 26.5 Å². The van der Waals surface area contributed by atoms with E-state index in [-0.39, 0.29) is 11.0 Å². The molecule has 1 aromatic carbocycles. The Morgan fingerprint density at radius 2 is 1.85 bits per heavy atom. The molecule has 106 valence electrons. The molecule has 1 aromatic heterocycles. The van der Waals surface area contributed by atoms with Gasteiger partial charge >= 0.3 is 0 Å². The van der Waals surface area contributed by atoms with Gasteiger partial charge in [0.05, 0.1) is 15.7 Å². The number of hydrogen-bond donors (Lipinski definition) is 2. The number of benzene rings is 1. The molecule has 4 nitrogen and oxygen atoms in total. The van der Waals surface area contributed by atoms with E-state index in [1.807, 2.05) is 20.8 Å². The van der Waals surface area contributed by atoms with Crippen molar-refractivity contribution in [1.82, 2.24) is 9.97 Å². The fourth-order valence-corrected chi connectivity index (χ4v) is 1.91. The Labute approximate surface area is 127 Å². The molecule has 2 rings (SSSR count). The molecule has 1 heterocycles. The van der Waals surface area contributed by atoms with Gasteiger partial charge in [-0.25, -0.2) is 4.98 Å². The third-order valence-corrected chi connectivity index (χ3v) is 3.43. The van der Waals surface area contributed by atoms with Crippen LogP contribution in [0, 0.1) is 0 Å². The Bertz CT molecular complexity index is 690. The molecule has 6 heteroatoms. The summed E-state index contributed by atoms with van der Waals surface area (Å²) in [5.74, 6) is 0.376. The Balaban J connectivity index is 2.36. The molecule has 0 unspecified atom stereocenters. The van der Waals surface area contributed by atoms with Crippen molar-refractivity contribution in [3.05, 3.63) is 50.4 Å². The second-order valence-electron chi connectivity index (χ2n) is 5.48. The van der Waals surface area contributed by atoms with Crippen molar-refractivity contribution >= 4 is 34.8 Å². The summed E-state index contributed by atoms with van der Waals surface area (Å²) in [5, 5.41) is 3.93. The van der Waals surface area contributed by atoms with Crippen LogP contribution in [-0.2, 0) is 5.41 Å². The van der Waals surface area contributed by atoms with E-state index >= 15 is 0 Å². The maximum absolute atomic E-state index is 11.7. The van der Waals surface area contributed by atoms with E-state index in [9.17, 15) is 4.79 Å². The zero-order chi connectivity index (χ0) is 14.9. The van der Waals surface area contributed by atoms with Crippen molar-refractivity contribution in [1.29, 1.82) is 0 Å². The summed E-state index contributed by atoms with van der Waals surface area (Å²) in [7, 11) is 0. The molecule has 0 saturated carbocycles. The van der Waals surface area contributed by atoms with Crippen molar-refractivity contribution in [2.75, 3.05) is 5.32 Å². The van der Waals surface area contributed by atoms with E-state index in [1.54, 1.807) is 18.2 Å². The van der Waals surface area contributed by atoms with E-state index in [1.165, 1.54) is 6.07 Å². The van der Waals surface area contributed by atoms with Crippen LogP contribution < -0.4 is 10.9 Å². The van der Waals surface area contributed by atoms with E-state index in [0.29, 0.717) is 27.4 Å². The second kappa shape index (κ2) is 5.46. The predicted octanol–water partition coefficient (Wildman–Crippen LogP) is 4.12. The molecule has 2 aromatic rings. The van der Waals surface area contributed by atoms with Crippen LogP contribution in [0.2, 0.25) is 10.0 Å².